The first-order chi connectivity index (χ1) is 42.4. The Labute approximate surface area is 541 Å². The molecule has 9 nitrogen and oxygen atoms in total. The van der Waals surface area contributed by atoms with Gasteiger partial charge in [-0.3, -0.25) is 18.6 Å². The standard InChI is InChI=1S/C77H147N2O7P/c1-7-10-13-16-19-22-25-27-29-31-33-35-37-39-41-43-45-47-49-51-54-57-60-63-66-69-76(80)78-74(73-85-87(82,83)84-72-71-79(4,5)6)75(68-65-62-59-56-53-24-21-18-15-12-9-3)86-77(81)70-67-64-61-58-55-52-50-48-46-44-42-40-38-36-34-32-30-28-26-23-20-17-14-11-8-2/h20,23,28,30,34,36,65,68,74-75H,7-19,21-22,24-27,29,31-33,35,37-64,66-67,69-73H2,1-6H3,(H-,78,80,82,83)/p+1/b23-20-,30-28-,36-34-,68-65+. The zero-order chi connectivity index (χ0) is 63.5. The summed E-state index contributed by atoms with van der Waals surface area (Å²) in [5, 5.41) is 3.08. The predicted octanol–water partition coefficient (Wildman–Crippen LogP) is 24.4. The van der Waals surface area contributed by atoms with Crippen molar-refractivity contribution in [3.63, 3.8) is 0 Å². The fourth-order valence-electron chi connectivity index (χ4n) is 11.4. The van der Waals surface area contributed by atoms with E-state index < -0.39 is 20.0 Å². The van der Waals surface area contributed by atoms with Crippen LogP contribution < -0.4 is 5.32 Å². The number of unbranched alkanes of at least 4 members (excludes halogenated alkanes) is 48. The van der Waals surface area contributed by atoms with Gasteiger partial charge in [-0.2, -0.15) is 0 Å². The molecule has 0 bridgehead atoms. The molecule has 0 saturated carbocycles. The van der Waals surface area contributed by atoms with Crippen LogP contribution in [0.3, 0.4) is 0 Å². The van der Waals surface area contributed by atoms with Crippen molar-refractivity contribution in [3.05, 3.63) is 48.6 Å². The van der Waals surface area contributed by atoms with Gasteiger partial charge in [0.25, 0.3) is 0 Å². The quantitative estimate of drug-likeness (QED) is 0.0205. The van der Waals surface area contributed by atoms with Crippen LogP contribution in [-0.4, -0.2) is 74.3 Å². The Morgan fingerprint density at radius 3 is 1.07 bits per heavy atom. The molecule has 0 radical (unpaired) electrons. The van der Waals surface area contributed by atoms with Crippen LogP contribution in [0.5, 0.6) is 0 Å². The van der Waals surface area contributed by atoms with Gasteiger partial charge in [-0.25, -0.2) is 4.57 Å². The minimum atomic E-state index is -4.45. The van der Waals surface area contributed by atoms with Gasteiger partial charge in [-0.15, -0.1) is 0 Å². The zero-order valence-electron chi connectivity index (χ0n) is 58.8. The Balaban J connectivity index is 4.92. The number of hydrogen-bond donors (Lipinski definition) is 2. The zero-order valence-corrected chi connectivity index (χ0v) is 59.7. The van der Waals surface area contributed by atoms with Crippen molar-refractivity contribution in [2.75, 3.05) is 40.9 Å². The number of rotatable bonds is 70. The summed E-state index contributed by atoms with van der Waals surface area (Å²) in [5.74, 6) is -0.488. The van der Waals surface area contributed by atoms with Crippen LogP contribution in [0.2, 0.25) is 0 Å². The molecule has 0 heterocycles. The maximum Gasteiger partial charge on any atom is 0.472 e. The number of allylic oxidation sites excluding steroid dienone is 7. The van der Waals surface area contributed by atoms with Crippen LogP contribution in [0.25, 0.3) is 0 Å². The lowest BCUT2D eigenvalue weighted by molar-refractivity contribution is -0.870. The summed E-state index contributed by atoms with van der Waals surface area (Å²) < 4.78 is 30.9. The predicted molar refractivity (Wildman–Crippen MR) is 379 cm³/mol. The molecule has 1 amide bonds. The highest BCUT2D eigenvalue weighted by Gasteiger charge is 2.30. The molecule has 512 valence electrons. The molecule has 0 aromatic rings. The highest BCUT2D eigenvalue weighted by atomic mass is 31.2. The fraction of sp³-hybridized carbons (Fsp3) is 0.870. The summed E-state index contributed by atoms with van der Waals surface area (Å²) >= 11 is 0. The van der Waals surface area contributed by atoms with Crippen molar-refractivity contribution in [1.82, 2.24) is 5.32 Å². The van der Waals surface area contributed by atoms with E-state index in [-0.39, 0.29) is 25.1 Å². The number of nitrogens with one attached hydrogen (secondary N) is 1. The largest absolute Gasteiger partial charge is 0.472 e. The first kappa shape index (κ1) is 85.0. The second-order valence-electron chi connectivity index (χ2n) is 27.2. The van der Waals surface area contributed by atoms with Gasteiger partial charge in [0.1, 0.15) is 19.3 Å². The molecular weight excluding hydrogens is 1100 g/mol. The van der Waals surface area contributed by atoms with Crippen molar-refractivity contribution < 1.29 is 37.3 Å². The second kappa shape index (κ2) is 66.9. The van der Waals surface area contributed by atoms with Crippen LogP contribution in [0, 0.1) is 0 Å². The maximum atomic E-state index is 13.6. The van der Waals surface area contributed by atoms with Crippen LogP contribution in [0.1, 0.15) is 380 Å². The highest BCUT2D eigenvalue weighted by molar-refractivity contribution is 7.47. The first-order valence-electron chi connectivity index (χ1n) is 38.0. The van der Waals surface area contributed by atoms with E-state index in [0.29, 0.717) is 23.9 Å². The molecule has 0 aliphatic rings. The first-order valence-corrected chi connectivity index (χ1v) is 39.5. The van der Waals surface area contributed by atoms with Crippen molar-refractivity contribution in [2.24, 2.45) is 0 Å². The van der Waals surface area contributed by atoms with E-state index in [1.807, 2.05) is 33.3 Å². The Morgan fingerprint density at radius 1 is 0.402 bits per heavy atom. The summed E-state index contributed by atoms with van der Waals surface area (Å²) in [4.78, 5) is 37.9. The summed E-state index contributed by atoms with van der Waals surface area (Å²) in [6.45, 7) is 7.04. The highest BCUT2D eigenvalue weighted by Crippen LogP contribution is 2.43. The molecule has 87 heavy (non-hydrogen) atoms. The van der Waals surface area contributed by atoms with Crippen LogP contribution in [0.4, 0.5) is 0 Å². The smallest absolute Gasteiger partial charge is 0.456 e. The molecular formula is C77H148N2O7P+. The number of amides is 1. The lowest BCUT2D eigenvalue weighted by atomic mass is 10.0. The number of ether oxygens (including phenoxy) is 1. The van der Waals surface area contributed by atoms with Crippen LogP contribution in [0.15, 0.2) is 48.6 Å². The van der Waals surface area contributed by atoms with Gasteiger partial charge in [0.2, 0.25) is 5.91 Å². The molecule has 0 aliphatic carbocycles. The average molecular weight is 1250 g/mol. The number of nitrogens with zero attached hydrogens (tertiary/aromatic N) is 1. The summed E-state index contributed by atoms with van der Waals surface area (Å²) in [6.07, 6.45) is 85.7. The summed E-state index contributed by atoms with van der Waals surface area (Å²) in [5.41, 5.74) is 0. The molecule has 0 aromatic carbocycles. The van der Waals surface area contributed by atoms with Gasteiger partial charge < -0.3 is 19.4 Å². The van der Waals surface area contributed by atoms with Crippen molar-refractivity contribution in [2.45, 2.75) is 392 Å². The van der Waals surface area contributed by atoms with E-state index in [1.165, 1.54) is 276 Å². The van der Waals surface area contributed by atoms with E-state index in [0.717, 1.165) is 70.6 Å². The molecule has 3 atom stereocenters. The van der Waals surface area contributed by atoms with E-state index in [9.17, 15) is 19.0 Å². The third-order valence-electron chi connectivity index (χ3n) is 17.3. The van der Waals surface area contributed by atoms with Gasteiger partial charge in [-0.05, 0) is 70.3 Å². The molecule has 0 saturated heterocycles. The Hall–Kier alpha value is -2.03. The maximum absolute atomic E-state index is 13.6. The van der Waals surface area contributed by atoms with E-state index in [2.05, 4.69) is 62.5 Å². The van der Waals surface area contributed by atoms with E-state index in [1.54, 1.807) is 0 Å². The number of esters is 1. The second-order valence-corrected chi connectivity index (χ2v) is 28.6. The lowest BCUT2D eigenvalue weighted by Gasteiger charge is -2.27. The normalized spacial score (nSPS) is 13.7. The van der Waals surface area contributed by atoms with Crippen molar-refractivity contribution >= 4 is 19.7 Å². The topological polar surface area (TPSA) is 111 Å². The van der Waals surface area contributed by atoms with Gasteiger partial charge >= 0.3 is 13.8 Å². The molecule has 0 aromatic heterocycles. The summed E-state index contributed by atoms with van der Waals surface area (Å²) in [6, 6.07) is -0.847. The number of phosphoric ester groups is 1. The van der Waals surface area contributed by atoms with Crippen LogP contribution in [-0.2, 0) is 27.9 Å². The number of carbonyl (C=O) groups excluding carboxylic acids is 2. The van der Waals surface area contributed by atoms with Gasteiger partial charge in [0.15, 0.2) is 0 Å². The van der Waals surface area contributed by atoms with Crippen molar-refractivity contribution in [1.29, 1.82) is 0 Å². The minimum Gasteiger partial charge on any atom is -0.456 e. The number of phosphoric acid groups is 1. The lowest BCUT2D eigenvalue weighted by Crippen LogP contribution is -2.47. The number of likely N-dealkylation sites (N-methyl/N-ethyl adjacent to an activating group) is 1. The molecule has 0 fully saturated rings. The molecule has 0 spiro atoms. The third-order valence-corrected chi connectivity index (χ3v) is 18.3. The van der Waals surface area contributed by atoms with E-state index in [4.69, 9.17) is 13.8 Å². The Kier molecular flexibility index (Phi) is 65.3. The SMILES string of the molecule is CCCCC/C=C\C/C=C\C/C=C\CCCCCCCCCCCCCCC(=O)OC(/C=C/CCCCCCCCCCC)C(COP(=O)(O)OCC[N+](C)(C)C)NC(=O)CCCCCCCCCCCCCCCCCCCCCCCCCCC. The Morgan fingerprint density at radius 2 is 0.701 bits per heavy atom. The molecule has 0 aliphatic heterocycles. The molecule has 0 rings (SSSR count). The number of hydrogen-bond acceptors (Lipinski definition) is 6. The molecule has 2 N–H and O–H groups in total. The minimum absolute atomic E-state index is 0.0421. The third kappa shape index (κ3) is 68.2. The number of quaternary nitrogens is 1. The van der Waals surface area contributed by atoms with Gasteiger partial charge in [0.05, 0.1) is 33.8 Å². The van der Waals surface area contributed by atoms with Gasteiger partial charge in [-0.1, -0.05) is 346 Å². The van der Waals surface area contributed by atoms with Gasteiger partial charge in [0, 0.05) is 12.8 Å². The van der Waals surface area contributed by atoms with E-state index >= 15 is 0 Å². The average Bonchev–Trinajstić information content (AvgIpc) is 3.70. The van der Waals surface area contributed by atoms with Crippen LogP contribution >= 0.6 is 7.82 Å². The number of carbonyl (C=O) groups is 2. The Bertz CT molecular complexity index is 1620. The fourth-order valence-corrected chi connectivity index (χ4v) is 12.2. The molecule has 10 heteroatoms. The molecule has 3 unspecified atom stereocenters. The van der Waals surface area contributed by atoms with Crippen molar-refractivity contribution in [3.8, 4) is 0 Å². The summed E-state index contributed by atoms with van der Waals surface area (Å²) in [7, 11) is 1.51. The monoisotopic (exact) mass is 1240 g/mol.